The molecule has 4 aliphatic rings. The lowest BCUT2D eigenvalue weighted by Gasteiger charge is -2.62. The van der Waals surface area contributed by atoms with E-state index < -0.39 is 11.9 Å². The summed E-state index contributed by atoms with van der Waals surface area (Å²) in [5, 5.41) is 42.5. The molecular formula is C33H50N2O7. The minimum atomic E-state index is -0.741. The number of aromatic hydroxyl groups is 1. The first-order valence-corrected chi connectivity index (χ1v) is 15.7. The molecular weight excluding hydrogens is 536 g/mol. The molecule has 0 saturated heterocycles. The van der Waals surface area contributed by atoms with Crippen LogP contribution in [0.25, 0.3) is 0 Å². The number of carbonyl (C=O) groups is 3. The molecule has 0 aliphatic heterocycles. The van der Waals surface area contributed by atoms with Crippen molar-refractivity contribution in [2.45, 2.75) is 104 Å². The smallest absolute Gasteiger partial charge is 0.303 e. The maximum atomic E-state index is 11.5. The Hall–Kier alpha value is -2.65. The van der Waals surface area contributed by atoms with Gasteiger partial charge in [0.15, 0.2) is 0 Å². The van der Waals surface area contributed by atoms with Crippen molar-refractivity contribution in [2.24, 2.45) is 52.1 Å². The van der Waals surface area contributed by atoms with E-state index in [0.29, 0.717) is 41.2 Å². The highest BCUT2D eigenvalue weighted by molar-refractivity contribution is 5.98. The largest absolute Gasteiger partial charge is 0.507 e. The number of rotatable bonds is 6. The first-order valence-electron chi connectivity index (χ1n) is 15.7. The Morgan fingerprint density at radius 3 is 2.40 bits per heavy atom. The molecule has 4 saturated carbocycles. The van der Waals surface area contributed by atoms with Crippen molar-refractivity contribution >= 4 is 23.5 Å². The summed E-state index contributed by atoms with van der Waals surface area (Å²) in [7, 11) is 0. The molecule has 1 aromatic rings. The van der Waals surface area contributed by atoms with Gasteiger partial charge in [-0.15, -0.1) is 0 Å². The number of fused-ring (bicyclic) bond motifs is 5. The van der Waals surface area contributed by atoms with Gasteiger partial charge in [0.05, 0.1) is 17.8 Å². The number of hydrogen-bond donors (Lipinski definition) is 6. The van der Waals surface area contributed by atoms with Crippen LogP contribution < -0.4 is 11.1 Å². The van der Waals surface area contributed by atoms with Crippen LogP contribution >= 0.6 is 0 Å². The van der Waals surface area contributed by atoms with E-state index in [1.165, 1.54) is 44.4 Å². The van der Waals surface area contributed by atoms with E-state index in [2.05, 4.69) is 26.1 Å². The number of benzene rings is 1. The lowest BCUT2D eigenvalue weighted by Crippen LogP contribution is -2.58. The summed E-state index contributed by atoms with van der Waals surface area (Å²) in [5.74, 6) is 1.35. The summed E-state index contributed by atoms with van der Waals surface area (Å²) >= 11 is 0. The Kier molecular flexibility index (Phi) is 9.62. The maximum Gasteiger partial charge on any atom is 0.303 e. The third kappa shape index (κ3) is 6.18. The Bertz CT molecular complexity index is 1170. The standard InChI is InChI=1S/C24H40O4.C9H10N2O3/c1-14(4-9-22(27)28)18-7-8-19-17-6-5-15-12-16(25)10-11-23(15,2)20(17)13-21(26)24(18,19)3;1-5(12)11-6-2-3-8(13)7(4-6)9(10)14/h14-21,25-26H,4-13H2,1-3H3,(H,27,28);2-4,13H,1H3,(H2,10,14)(H,11,12)/t14-,15-,16-,17+,18-,19+,20+,21+,23+,24-;/m1./s1. The van der Waals surface area contributed by atoms with Crippen LogP contribution in [0.1, 0.15) is 102 Å². The van der Waals surface area contributed by atoms with Crippen molar-refractivity contribution in [3.63, 3.8) is 0 Å². The molecule has 42 heavy (non-hydrogen) atoms. The highest BCUT2D eigenvalue weighted by atomic mass is 16.4. The second kappa shape index (κ2) is 12.5. The number of phenols is 1. The lowest BCUT2D eigenvalue weighted by atomic mass is 9.43. The summed E-state index contributed by atoms with van der Waals surface area (Å²) in [6, 6.07) is 4.09. The van der Waals surface area contributed by atoms with Gasteiger partial charge < -0.3 is 31.5 Å². The van der Waals surface area contributed by atoms with Crippen molar-refractivity contribution in [1.82, 2.24) is 0 Å². The van der Waals surface area contributed by atoms with Crippen LogP contribution in [0.15, 0.2) is 18.2 Å². The van der Waals surface area contributed by atoms with Gasteiger partial charge in [-0.3, -0.25) is 14.4 Å². The van der Waals surface area contributed by atoms with Gasteiger partial charge in [0.1, 0.15) is 5.75 Å². The molecule has 0 heterocycles. The van der Waals surface area contributed by atoms with Crippen molar-refractivity contribution in [3.05, 3.63) is 23.8 Å². The summed E-state index contributed by atoms with van der Waals surface area (Å²) < 4.78 is 0. The van der Waals surface area contributed by atoms with Crippen LogP contribution in [0, 0.1) is 46.3 Å². The number of anilines is 1. The van der Waals surface area contributed by atoms with Crippen LogP contribution in [0.5, 0.6) is 5.75 Å². The molecule has 9 nitrogen and oxygen atoms in total. The van der Waals surface area contributed by atoms with E-state index in [-0.39, 0.29) is 46.7 Å². The number of aliphatic hydroxyl groups excluding tert-OH is 2. The van der Waals surface area contributed by atoms with Crippen molar-refractivity contribution < 1.29 is 34.8 Å². The van der Waals surface area contributed by atoms with Gasteiger partial charge >= 0.3 is 5.97 Å². The number of carbonyl (C=O) groups excluding carboxylic acids is 2. The third-order valence-electron chi connectivity index (χ3n) is 11.9. The van der Waals surface area contributed by atoms with Gasteiger partial charge in [-0.1, -0.05) is 20.8 Å². The maximum absolute atomic E-state index is 11.5. The zero-order valence-corrected chi connectivity index (χ0v) is 25.5. The van der Waals surface area contributed by atoms with Crippen LogP contribution in [-0.4, -0.2) is 50.4 Å². The number of amides is 2. The monoisotopic (exact) mass is 586 g/mol. The summed E-state index contributed by atoms with van der Waals surface area (Å²) in [6.07, 6.45) is 9.26. The van der Waals surface area contributed by atoms with Gasteiger partial charge in [0.2, 0.25) is 5.91 Å². The Labute approximate surface area is 249 Å². The zero-order valence-electron chi connectivity index (χ0n) is 25.5. The molecule has 10 atom stereocenters. The topological polar surface area (TPSA) is 170 Å². The highest BCUT2D eigenvalue weighted by Crippen LogP contribution is 2.68. The number of nitrogens with two attached hydrogens (primary N) is 1. The highest BCUT2D eigenvalue weighted by Gasteiger charge is 2.63. The summed E-state index contributed by atoms with van der Waals surface area (Å²) in [5.41, 5.74) is 5.62. The Morgan fingerprint density at radius 2 is 1.76 bits per heavy atom. The molecule has 2 amide bonds. The number of carboxylic acid groups (broad SMARTS) is 1. The van der Waals surface area contributed by atoms with Crippen LogP contribution in [-0.2, 0) is 9.59 Å². The molecule has 4 fully saturated rings. The van der Waals surface area contributed by atoms with Gasteiger partial charge in [0.25, 0.3) is 5.91 Å². The van der Waals surface area contributed by atoms with Gasteiger partial charge in [-0.25, -0.2) is 0 Å². The molecule has 0 unspecified atom stereocenters. The number of aliphatic hydroxyl groups is 2. The van der Waals surface area contributed by atoms with Crippen molar-refractivity contribution in [1.29, 1.82) is 0 Å². The zero-order chi connectivity index (χ0) is 31.0. The van der Waals surface area contributed by atoms with Gasteiger partial charge in [-0.2, -0.15) is 0 Å². The second-order valence-corrected chi connectivity index (χ2v) is 14.1. The molecule has 7 N–H and O–H groups in total. The fourth-order valence-electron chi connectivity index (χ4n) is 9.73. The van der Waals surface area contributed by atoms with E-state index in [9.17, 15) is 29.7 Å². The molecule has 0 radical (unpaired) electrons. The lowest BCUT2D eigenvalue weighted by molar-refractivity contribution is -0.175. The Balaban J connectivity index is 0.000000244. The number of primary amides is 1. The quantitative estimate of drug-likeness (QED) is 0.257. The minimum absolute atomic E-state index is 0.0174. The van der Waals surface area contributed by atoms with Gasteiger partial charge in [0, 0.05) is 19.0 Å². The number of aliphatic carboxylic acids is 1. The number of hydrogen-bond acceptors (Lipinski definition) is 6. The predicted octanol–water partition coefficient (Wildman–Crippen LogP) is 4.93. The summed E-state index contributed by atoms with van der Waals surface area (Å²) in [6.45, 7) is 8.34. The number of carboxylic acids is 1. The molecule has 0 bridgehead atoms. The fourth-order valence-corrected chi connectivity index (χ4v) is 9.73. The average molecular weight is 587 g/mol. The SMILES string of the molecule is CC(=O)Nc1ccc(O)c(C(N)=O)c1.C[C@H](CCC(=O)O)[C@H]1CC[C@H]2[C@@H]3CC[C@@H]4C[C@H](O)CC[C@]4(C)[C@H]3C[C@H](O)[C@]12C. The molecule has 4 aliphatic carbocycles. The molecule has 1 aromatic carbocycles. The molecule has 5 rings (SSSR count). The average Bonchev–Trinajstić information content (AvgIpc) is 3.28. The molecule has 234 valence electrons. The third-order valence-corrected chi connectivity index (χ3v) is 11.9. The van der Waals surface area contributed by atoms with Crippen molar-refractivity contribution in [2.75, 3.05) is 5.32 Å². The van der Waals surface area contributed by atoms with E-state index in [0.717, 1.165) is 38.5 Å². The molecule has 9 heteroatoms. The van der Waals surface area contributed by atoms with E-state index in [1.54, 1.807) is 0 Å². The van der Waals surface area contributed by atoms with Crippen LogP contribution in [0.2, 0.25) is 0 Å². The normalized spacial score (nSPS) is 37.6. The predicted molar refractivity (Wildman–Crippen MR) is 160 cm³/mol. The van der Waals surface area contributed by atoms with Crippen LogP contribution in [0.4, 0.5) is 5.69 Å². The van der Waals surface area contributed by atoms with Gasteiger partial charge in [-0.05, 0) is 122 Å². The summed E-state index contributed by atoms with van der Waals surface area (Å²) in [4.78, 5) is 32.6. The van der Waals surface area contributed by atoms with E-state index >= 15 is 0 Å². The number of nitrogens with one attached hydrogen (secondary N) is 1. The first kappa shape index (κ1) is 32.3. The minimum Gasteiger partial charge on any atom is -0.507 e. The first-order chi connectivity index (χ1) is 19.7. The van der Waals surface area contributed by atoms with Crippen LogP contribution in [0.3, 0.4) is 0 Å². The fraction of sp³-hybridized carbons (Fsp3) is 0.727. The molecule has 0 spiro atoms. The van der Waals surface area contributed by atoms with E-state index in [1.807, 2.05) is 0 Å². The van der Waals surface area contributed by atoms with E-state index in [4.69, 9.17) is 10.8 Å². The Morgan fingerprint density at radius 1 is 1.05 bits per heavy atom. The molecule has 0 aromatic heterocycles. The second-order valence-electron chi connectivity index (χ2n) is 14.1. The van der Waals surface area contributed by atoms with Crippen molar-refractivity contribution in [3.8, 4) is 5.75 Å².